The second kappa shape index (κ2) is 6.36. The van der Waals surface area contributed by atoms with Crippen LogP contribution in [0.5, 0.6) is 5.75 Å². The Morgan fingerprint density at radius 1 is 1.17 bits per heavy atom. The molecular weight excluding hydrogens is 343 g/mol. The fourth-order valence-electron chi connectivity index (χ4n) is 2.57. The molecule has 0 radical (unpaired) electrons. The molecule has 0 aromatic heterocycles. The molecule has 1 amide bonds. The molecule has 0 saturated heterocycles. The van der Waals surface area contributed by atoms with Crippen LogP contribution in [0.3, 0.4) is 0 Å². The number of benzene rings is 2. The molecule has 3 nitrogen and oxygen atoms in total. The molecule has 0 aliphatic carbocycles. The molecular formula is C17H13ClF3NO2. The van der Waals surface area contributed by atoms with Gasteiger partial charge in [-0.15, -0.1) is 0 Å². The Kier molecular flexibility index (Phi) is 4.41. The number of rotatable bonds is 2. The van der Waals surface area contributed by atoms with E-state index in [2.05, 4.69) is 5.32 Å². The molecule has 1 N–H and O–H groups in total. The minimum absolute atomic E-state index is 0.165. The minimum atomic E-state index is -4.43. The van der Waals surface area contributed by atoms with Crippen molar-refractivity contribution in [3.63, 3.8) is 0 Å². The molecule has 0 spiro atoms. The number of fused-ring (bicyclic) bond motifs is 1. The topological polar surface area (TPSA) is 38.3 Å². The van der Waals surface area contributed by atoms with Crippen molar-refractivity contribution >= 4 is 17.5 Å². The SMILES string of the molecule is O=C(NC1CCOc2ccc(Cl)cc21)c1ccc(C(F)(F)F)cc1. The first-order valence-electron chi connectivity index (χ1n) is 7.25. The number of amides is 1. The summed E-state index contributed by atoms with van der Waals surface area (Å²) in [4.78, 5) is 12.3. The largest absolute Gasteiger partial charge is 0.493 e. The molecule has 0 bridgehead atoms. The average Bonchev–Trinajstić information content (AvgIpc) is 2.54. The third-order valence-electron chi connectivity index (χ3n) is 3.79. The Morgan fingerprint density at radius 3 is 2.54 bits per heavy atom. The zero-order chi connectivity index (χ0) is 17.3. The van der Waals surface area contributed by atoms with E-state index in [1.165, 1.54) is 0 Å². The molecule has 1 atom stereocenters. The van der Waals surface area contributed by atoms with Gasteiger partial charge in [-0.25, -0.2) is 0 Å². The van der Waals surface area contributed by atoms with Gasteiger partial charge in [0.2, 0.25) is 0 Å². The summed E-state index contributed by atoms with van der Waals surface area (Å²) in [6.07, 6.45) is -3.87. The lowest BCUT2D eigenvalue weighted by molar-refractivity contribution is -0.137. The summed E-state index contributed by atoms with van der Waals surface area (Å²) in [6.45, 7) is 0.437. The number of carbonyl (C=O) groups excluding carboxylic acids is 1. The first-order valence-corrected chi connectivity index (χ1v) is 7.63. The minimum Gasteiger partial charge on any atom is -0.493 e. The van der Waals surface area contributed by atoms with E-state index in [0.717, 1.165) is 29.8 Å². The number of alkyl halides is 3. The Bertz CT molecular complexity index is 759. The van der Waals surface area contributed by atoms with E-state index in [9.17, 15) is 18.0 Å². The van der Waals surface area contributed by atoms with Crippen LogP contribution in [0, 0.1) is 0 Å². The maximum Gasteiger partial charge on any atom is 0.416 e. The molecule has 3 rings (SSSR count). The molecule has 7 heteroatoms. The van der Waals surface area contributed by atoms with Gasteiger partial charge in [-0.3, -0.25) is 4.79 Å². The predicted octanol–water partition coefficient (Wildman–Crippen LogP) is 4.61. The van der Waals surface area contributed by atoms with E-state index in [4.69, 9.17) is 16.3 Å². The number of ether oxygens (including phenoxy) is 1. The van der Waals surface area contributed by atoms with Gasteiger partial charge in [-0.1, -0.05) is 11.6 Å². The highest BCUT2D eigenvalue weighted by atomic mass is 35.5. The molecule has 1 unspecified atom stereocenters. The van der Waals surface area contributed by atoms with Crippen LogP contribution < -0.4 is 10.1 Å². The van der Waals surface area contributed by atoms with Gasteiger partial charge in [0.1, 0.15) is 5.75 Å². The maximum absolute atomic E-state index is 12.6. The molecule has 126 valence electrons. The smallest absolute Gasteiger partial charge is 0.416 e. The predicted molar refractivity (Wildman–Crippen MR) is 83.2 cm³/mol. The van der Waals surface area contributed by atoms with Crippen molar-refractivity contribution in [2.45, 2.75) is 18.6 Å². The molecule has 1 heterocycles. The van der Waals surface area contributed by atoms with Crippen molar-refractivity contribution in [1.82, 2.24) is 5.32 Å². The van der Waals surface area contributed by atoms with E-state index in [1.54, 1.807) is 18.2 Å². The highest BCUT2D eigenvalue weighted by molar-refractivity contribution is 6.30. The van der Waals surface area contributed by atoms with Gasteiger partial charge in [0.25, 0.3) is 5.91 Å². The Balaban J connectivity index is 1.78. The molecule has 24 heavy (non-hydrogen) atoms. The lowest BCUT2D eigenvalue weighted by Crippen LogP contribution is -2.32. The van der Waals surface area contributed by atoms with Crippen LogP contribution in [-0.4, -0.2) is 12.5 Å². The van der Waals surface area contributed by atoms with Crippen molar-refractivity contribution in [3.8, 4) is 5.75 Å². The summed E-state index contributed by atoms with van der Waals surface area (Å²) in [6, 6.07) is 8.95. The fourth-order valence-corrected chi connectivity index (χ4v) is 2.75. The van der Waals surface area contributed by atoms with Crippen LogP contribution in [0.25, 0.3) is 0 Å². The Hall–Kier alpha value is -2.21. The summed E-state index contributed by atoms with van der Waals surface area (Å²) in [5.74, 6) is 0.199. The summed E-state index contributed by atoms with van der Waals surface area (Å²) in [5.41, 5.74) is 0.134. The van der Waals surface area contributed by atoms with Crippen LogP contribution in [0.15, 0.2) is 42.5 Å². The number of nitrogens with one attached hydrogen (secondary N) is 1. The molecule has 0 fully saturated rings. The monoisotopic (exact) mass is 355 g/mol. The molecule has 2 aromatic carbocycles. The van der Waals surface area contributed by atoms with Gasteiger partial charge in [-0.05, 0) is 42.5 Å². The molecule has 0 saturated carbocycles. The normalized spacial score (nSPS) is 16.9. The zero-order valence-electron chi connectivity index (χ0n) is 12.4. The number of halogens is 4. The van der Waals surface area contributed by atoms with Gasteiger partial charge in [0.05, 0.1) is 18.2 Å². The second-order valence-corrected chi connectivity index (χ2v) is 5.86. The lowest BCUT2D eigenvalue weighted by Gasteiger charge is -2.27. The van der Waals surface area contributed by atoms with E-state index in [1.807, 2.05) is 0 Å². The quantitative estimate of drug-likeness (QED) is 0.854. The lowest BCUT2D eigenvalue weighted by atomic mass is 10.00. The first kappa shape index (κ1) is 16.6. The van der Waals surface area contributed by atoms with Gasteiger partial charge in [0.15, 0.2) is 0 Å². The van der Waals surface area contributed by atoms with Crippen molar-refractivity contribution in [3.05, 3.63) is 64.2 Å². The van der Waals surface area contributed by atoms with Gasteiger partial charge < -0.3 is 10.1 Å². The van der Waals surface area contributed by atoms with Gasteiger partial charge >= 0.3 is 6.18 Å². The third-order valence-corrected chi connectivity index (χ3v) is 4.03. The first-order chi connectivity index (χ1) is 11.3. The average molecular weight is 356 g/mol. The Morgan fingerprint density at radius 2 is 1.88 bits per heavy atom. The fraction of sp³-hybridized carbons (Fsp3) is 0.235. The van der Waals surface area contributed by atoms with Crippen LogP contribution >= 0.6 is 11.6 Å². The van der Waals surface area contributed by atoms with Crippen molar-refractivity contribution in [2.24, 2.45) is 0 Å². The number of hydrogen-bond acceptors (Lipinski definition) is 2. The summed E-state index contributed by atoms with van der Waals surface area (Å²) in [7, 11) is 0. The zero-order valence-corrected chi connectivity index (χ0v) is 13.1. The highest BCUT2D eigenvalue weighted by Crippen LogP contribution is 2.34. The molecule has 1 aliphatic heterocycles. The van der Waals surface area contributed by atoms with Crippen molar-refractivity contribution in [1.29, 1.82) is 0 Å². The van der Waals surface area contributed by atoms with E-state index in [-0.39, 0.29) is 11.6 Å². The summed E-state index contributed by atoms with van der Waals surface area (Å²) >= 11 is 5.98. The number of hydrogen-bond donors (Lipinski definition) is 1. The molecule has 2 aromatic rings. The summed E-state index contributed by atoms with van der Waals surface area (Å²) in [5, 5.41) is 3.34. The van der Waals surface area contributed by atoms with Crippen LogP contribution in [0.1, 0.15) is 33.9 Å². The number of carbonyl (C=O) groups is 1. The molecule has 1 aliphatic rings. The van der Waals surface area contributed by atoms with Crippen molar-refractivity contribution < 1.29 is 22.7 Å². The third kappa shape index (κ3) is 3.48. The van der Waals surface area contributed by atoms with Crippen LogP contribution in [-0.2, 0) is 6.18 Å². The standard InChI is InChI=1S/C17H13ClF3NO2/c18-12-5-6-15-13(9-12)14(7-8-24-15)22-16(23)10-1-3-11(4-2-10)17(19,20)21/h1-6,9,14H,7-8H2,(H,22,23). The maximum atomic E-state index is 12.6. The highest BCUT2D eigenvalue weighted by Gasteiger charge is 2.30. The van der Waals surface area contributed by atoms with E-state index in [0.29, 0.717) is 23.8 Å². The second-order valence-electron chi connectivity index (χ2n) is 5.42. The van der Waals surface area contributed by atoms with Gasteiger partial charge in [0, 0.05) is 22.6 Å². The van der Waals surface area contributed by atoms with E-state index >= 15 is 0 Å². The van der Waals surface area contributed by atoms with Crippen LogP contribution in [0.2, 0.25) is 5.02 Å². The van der Waals surface area contributed by atoms with E-state index < -0.39 is 17.6 Å². The Labute approximate surface area is 141 Å². The summed E-state index contributed by atoms with van der Waals surface area (Å²) < 4.78 is 43.2. The van der Waals surface area contributed by atoms with Gasteiger partial charge in [-0.2, -0.15) is 13.2 Å². The van der Waals surface area contributed by atoms with Crippen molar-refractivity contribution in [2.75, 3.05) is 6.61 Å². The van der Waals surface area contributed by atoms with Crippen LogP contribution in [0.4, 0.5) is 13.2 Å².